The molecule has 2 fully saturated rings. The van der Waals surface area contributed by atoms with E-state index in [1.165, 1.54) is 25.0 Å². The molecule has 2 aliphatic rings. The predicted octanol–water partition coefficient (Wildman–Crippen LogP) is 6.10. The van der Waals surface area contributed by atoms with Gasteiger partial charge in [0.2, 0.25) is 5.95 Å². The van der Waals surface area contributed by atoms with Crippen molar-refractivity contribution in [3.8, 4) is 21.8 Å². The molecule has 35 heavy (non-hydrogen) atoms. The van der Waals surface area contributed by atoms with E-state index in [0.717, 1.165) is 52.5 Å². The molecule has 9 heteroatoms. The average molecular weight is 496 g/mol. The summed E-state index contributed by atoms with van der Waals surface area (Å²) in [6, 6.07) is 8.85. The molecule has 0 radical (unpaired) electrons. The van der Waals surface area contributed by atoms with Crippen molar-refractivity contribution in [1.82, 2.24) is 19.9 Å². The Labute approximate surface area is 208 Å². The number of thiazole rings is 1. The van der Waals surface area contributed by atoms with Crippen molar-refractivity contribution < 1.29 is 13.9 Å². The topological polar surface area (TPSA) is 80.2 Å². The number of ether oxygens (including phenoxy) is 1. The van der Waals surface area contributed by atoms with Crippen LogP contribution in [0, 0.1) is 5.82 Å². The quantitative estimate of drug-likeness (QED) is 0.445. The van der Waals surface area contributed by atoms with E-state index in [1.54, 1.807) is 28.5 Å². The van der Waals surface area contributed by atoms with Crippen LogP contribution in [-0.2, 0) is 4.74 Å². The van der Waals surface area contributed by atoms with Crippen LogP contribution in [0.2, 0.25) is 0 Å². The Hall–Kier alpha value is -3.07. The van der Waals surface area contributed by atoms with E-state index < -0.39 is 0 Å². The molecule has 0 unspecified atom stereocenters. The highest BCUT2D eigenvalue weighted by Crippen LogP contribution is 2.41. The highest BCUT2D eigenvalue weighted by Gasteiger charge is 2.28. The fraction of sp³-hybridized carbons (Fsp3) is 0.462. The molecule has 5 rings (SSSR count). The first kappa shape index (κ1) is 23.7. The molecule has 0 spiro atoms. The third kappa shape index (κ3) is 5.45. The van der Waals surface area contributed by atoms with Crippen LogP contribution >= 0.6 is 11.3 Å². The molecule has 1 amide bonds. The van der Waals surface area contributed by atoms with Gasteiger partial charge in [0, 0.05) is 36.8 Å². The Morgan fingerprint density at radius 3 is 2.71 bits per heavy atom. The number of rotatable bonds is 6. The highest BCUT2D eigenvalue weighted by molar-refractivity contribution is 7.15. The van der Waals surface area contributed by atoms with Gasteiger partial charge in [0.15, 0.2) is 0 Å². The minimum absolute atomic E-state index is 0.227. The SMILES string of the molecule is CCOC(=O)N1CCC(c2nc(-c3cccc(F)c3)c(-c3ccnc(NC4CCCC4)n3)s2)CC1. The summed E-state index contributed by atoms with van der Waals surface area (Å²) in [6.45, 7) is 3.47. The van der Waals surface area contributed by atoms with E-state index in [9.17, 15) is 9.18 Å². The van der Waals surface area contributed by atoms with Gasteiger partial charge in [-0.1, -0.05) is 25.0 Å². The maximum absolute atomic E-state index is 14.1. The third-order valence-electron chi connectivity index (χ3n) is 6.69. The molecule has 3 heterocycles. The number of benzene rings is 1. The second-order valence-corrected chi connectivity index (χ2v) is 10.1. The van der Waals surface area contributed by atoms with Crippen LogP contribution in [0.1, 0.15) is 56.4 Å². The lowest BCUT2D eigenvalue weighted by Crippen LogP contribution is -2.38. The van der Waals surface area contributed by atoms with Gasteiger partial charge in [0.1, 0.15) is 5.82 Å². The van der Waals surface area contributed by atoms with Gasteiger partial charge in [-0.2, -0.15) is 0 Å². The molecular formula is C26H30FN5O2S. The number of nitrogens with zero attached hydrogens (tertiary/aromatic N) is 4. The molecule has 1 aliphatic heterocycles. The van der Waals surface area contributed by atoms with Crippen molar-refractivity contribution in [2.45, 2.75) is 57.4 Å². The summed E-state index contributed by atoms with van der Waals surface area (Å²) < 4.78 is 19.3. The van der Waals surface area contributed by atoms with Crippen molar-refractivity contribution in [2.24, 2.45) is 0 Å². The first-order valence-corrected chi connectivity index (χ1v) is 13.2. The zero-order valence-electron chi connectivity index (χ0n) is 19.9. The summed E-state index contributed by atoms with van der Waals surface area (Å²) in [5.41, 5.74) is 2.26. The fourth-order valence-corrected chi connectivity index (χ4v) is 6.07. The number of amides is 1. The van der Waals surface area contributed by atoms with E-state index >= 15 is 0 Å². The molecule has 0 atom stereocenters. The first-order valence-electron chi connectivity index (χ1n) is 12.4. The molecular weight excluding hydrogens is 465 g/mol. The van der Waals surface area contributed by atoms with Crippen LogP contribution in [0.5, 0.6) is 0 Å². The number of aromatic nitrogens is 3. The number of piperidine rings is 1. The summed E-state index contributed by atoms with van der Waals surface area (Å²) >= 11 is 1.60. The Morgan fingerprint density at radius 2 is 1.97 bits per heavy atom. The highest BCUT2D eigenvalue weighted by atomic mass is 32.1. The minimum Gasteiger partial charge on any atom is -0.450 e. The van der Waals surface area contributed by atoms with Gasteiger partial charge in [0.25, 0.3) is 0 Å². The molecule has 7 nitrogen and oxygen atoms in total. The zero-order valence-corrected chi connectivity index (χ0v) is 20.7. The molecule has 2 aromatic heterocycles. The summed E-state index contributed by atoms with van der Waals surface area (Å²) in [7, 11) is 0. The summed E-state index contributed by atoms with van der Waals surface area (Å²) in [5.74, 6) is 0.555. The number of hydrogen-bond donors (Lipinski definition) is 1. The van der Waals surface area contributed by atoms with Crippen LogP contribution in [0.3, 0.4) is 0 Å². The molecule has 1 aliphatic carbocycles. The molecule has 184 valence electrons. The van der Waals surface area contributed by atoms with E-state index in [1.807, 2.05) is 19.1 Å². The zero-order chi connectivity index (χ0) is 24.2. The molecule has 1 saturated heterocycles. The Morgan fingerprint density at radius 1 is 1.17 bits per heavy atom. The van der Waals surface area contributed by atoms with Gasteiger partial charge in [-0.3, -0.25) is 0 Å². The van der Waals surface area contributed by atoms with Gasteiger partial charge in [-0.05, 0) is 50.8 Å². The number of likely N-dealkylation sites (tertiary alicyclic amines) is 1. The number of hydrogen-bond acceptors (Lipinski definition) is 7. The lowest BCUT2D eigenvalue weighted by atomic mass is 9.98. The predicted molar refractivity (Wildman–Crippen MR) is 135 cm³/mol. The standard InChI is InChI=1S/C26H30FN5O2S/c1-2-34-26(33)32-14-11-17(12-15-32)24-31-22(18-6-5-7-19(27)16-18)23(35-24)21-10-13-28-25(30-21)29-20-8-3-4-9-20/h5-7,10,13,16-17,20H,2-4,8-9,11-12,14-15H2,1H3,(H,28,29,30). The first-order chi connectivity index (χ1) is 17.1. The van der Waals surface area contributed by atoms with Crippen LogP contribution < -0.4 is 5.32 Å². The summed E-state index contributed by atoms with van der Waals surface area (Å²) in [4.78, 5) is 29.0. The van der Waals surface area contributed by atoms with Crippen molar-refractivity contribution in [1.29, 1.82) is 0 Å². The third-order valence-corrected chi connectivity index (χ3v) is 7.93. The van der Waals surface area contributed by atoms with Gasteiger partial charge < -0.3 is 15.0 Å². The normalized spacial score (nSPS) is 17.0. The molecule has 1 saturated carbocycles. The number of anilines is 1. The minimum atomic E-state index is -0.294. The van der Waals surface area contributed by atoms with Gasteiger partial charge in [0.05, 0.1) is 27.9 Å². The largest absolute Gasteiger partial charge is 0.450 e. The van der Waals surface area contributed by atoms with Crippen molar-refractivity contribution >= 4 is 23.4 Å². The van der Waals surface area contributed by atoms with Gasteiger partial charge in [-0.25, -0.2) is 24.1 Å². The number of carbonyl (C=O) groups is 1. The van der Waals surface area contributed by atoms with Gasteiger partial charge in [-0.15, -0.1) is 11.3 Å². The monoisotopic (exact) mass is 495 g/mol. The summed E-state index contributed by atoms with van der Waals surface area (Å²) in [6.07, 6.45) is 7.87. The number of nitrogens with one attached hydrogen (secondary N) is 1. The molecule has 0 bridgehead atoms. The van der Waals surface area contributed by atoms with E-state index in [2.05, 4.69) is 10.3 Å². The number of halogens is 1. The fourth-order valence-electron chi connectivity index (χ4n) is 4.85. The Bertz CT molecular complexity index is 1170. The lowest BCUT2D eigenvalue weighted by molar-refractivity contribution is 0.0970. The van der Waals surface area contributed by atoms with Gasteiger partial charge >= 0.3 is 6.09 Å². The maximum atomic E-state index is 14.1. The van der Waals surface area contributed by atoms with Crippen molar-refractivity contribution in [3.63, 3.8) is 0 Å². The van der Waals surface area contributed by atoms with E-state index in [4.69, 9.17) is 14.7 Å². The van der Waals surface area contributed by atoms with Crippen molar-refractivity contribution in [3.05, 3.63) is 47.4 Å². The van der Waals surface area contributed by atoms with E-state index in [-0.39, 0.29) is 17.8 Å². The molecule has 3 aromatic rings. The van der Waals surface area contributed by atoms with Crippen LogP contribution in [0.4, 0.5) is 15.1 Å². The molecule has 1 N–H and O–H groups in total. The van der Waals surface area contributed by atoms with E-state index in [0.29, 0.717) is 31.7 Å². The smallest absolute Gasteiger partial charge is 0.409 e. The van der Waals surface area contributed by atoms with Crippen molar-refractivity contribution in [2.75, 3.05) is 25.0 Å². The second kappa shape index (κ2) is 10.7. The van der Waals surface area contributed by atoms with Crippen LogP contribution in [0.25, 0.3) is 21.8 Å². The second-order valence-electron chi connectivity index (χ2n) is 9.09. The Balaban J connectivity index is 1.44. The number of carbonyl (C=O) groups excluding carboxylic acids is 1. The van der Waals surface area contributed by atoms with Crippen LogP contribution in [-0.4, -0.2) is 51.7 Å². The lowest BCUT2D eigenvalue weighted by Gasteiger charge is -2.30. The maximum Gasteiger partial charge on any atom is 0.409 e. The molecule has 1 aromatic carbocycles. The Kier molecular flexibility index (Phi) is 7.22. The van der Waals surface area contributed by atoms with Crippen LogP contribution in [0.15, 0.2) is 36.5 Å². The summed E-state index contributed by atoms with van der Waals surface area (Å²) in [5, 5.41) is 4.46. The average Bonchev–Trinajstić information content (AvgIpc) is 3.55.